The van der Waals surface area contributed by atoms with E-state index in [2.05, 4.69) is 17.5 Å². The first-order valence-corrected chi connectivity index (χ1v) is 5.42. The van der Waals surface area contributed by atoms with Crippen molar-refractivity contribution in [3.63, 3.8) is 0 Å². The maximum Gasteiger partial charge on any atom is 0.110 e. The molecule has 1 unspecified atom stereocenters. The van der Waals surface area contributed by atoms with E-state index in [0.717, 1.165) is 18.0 Å². The molecule has 1 fully saturated rings. The predicted molar refractivity (Wildman–Crippen MR) is 53.9 cm³/mol. The second-order valence-corrected chi connectivity index (χ2v) is 4.47. The highest BCUT2D eigenvalue weighted by molar-refractivity contribution is 7.12. The third kappa shape index (κ3) is 1.90. The van der Waals surface area contributed by atoms with Gasteiger partial charge in [0.05, 0.1) is 0 Å². The summed E-state index contributed by atoms with van der Waals surface area (Å²) in [6.07, 6.45) is 2.52. The van der Waals surface area contributed by atoms with Crippen LogP contribution < -0.4 is 5.32 Å². The van der Waals surface area contributed by atoms with E-state index in [9.17, 15) is 0 Å². The summed E-state index contributed by atoms with van der Waals surface area (Å²) in [5, 5.41) is 12.1. The first kappa shape index (κ1) is 8.74. The lowest BCUT2D eigenvalue weighted by molar-refractivity contribution is 0.466. The van der Waals surface area contributed by atoms with Crippen molar-refractivity contribution >= 4 is 11.3 Å². The highest BCUT2D eigenvalue weighted by Gasteiger charge is 2.16. The van der Waals surface area contributed by atoms with Crippen molar-refractivity contribution in [1.29, 1.82) is 5.26 Å². The lowest BCUT2D eigenvalue weighted by atomic mass is 9.98. The molecule has 1 aliphatic heterocycles. The Morgan fingerprint density at radius 1 is 1.54 bits per heavy atom. The zero-order valence-electron chi connectivity index (χ0n) is 7.42. The summed E-state index contributed by atoms with van der Waals surface area (Å²) in [7, 11) is 0. The van der Waals surface area contributed by atoms with Crippen LogP contribution in [0.2, 0.25) is 0 Å². The molecule has 68 valence electrons. The number of piperidine rings is 1. The Labute approximate surface area is 82.2 Å². The van der Waals surface area contributed by atoms with E-state index < -0.39 is 0 Å². The molecule has 1 saturated heterocycles. The van der Waals surface area contributed by atoms with Gasteiger partial charge in [0.1, 0.15) is 10.9 Å². The number of thiophene rings is 1. The summed E-state index contributed by atoms with van der Waals surface area (Å²) in [5.74, 6) is 0.640. The first-order valence-electron chi connectivity index (χ1n) is 4.60. The SMILES string of the molecule is N#Cc1ccc(C2CCCNC2)s1. The van der Waals surface area contributed by atoms with Gasteiger partial charge in [-0.2, -0.15) is 5.26 Å². The van der Waals surface area contributed by atoms with Gasteiger partial charge in [-0.25, -0.2) is 0 Å². The van der Waals surface area contributed by atoms with Crippen LogP contribution in [0, 0.1) is 11.3 Å². The fraction of sp³-hybridized carbons (Fsp3) is 0.500. The largest absolute Gasteiger partial charge is 0.316 e. The molecule has 2 nitrogen and oxygen atoms in total. The van der Waals surface area contributed by atoms with Crippen molar-refractivity contribution in [1.82, 2.24) is 5.32 Å². The van der Waals surface area contributed by atoms with Gasteiger partial charge in [0.25, 0.3) is 0 Å². The Bertz CT molecular complexity index is 318. The molecule has 0 spiro atoms. The molecule has 2 heterocycles. The summed E-state index contributed by atoms with van der Waals surface area (Å²) in [6, 6.07) is 6.21. The number of nitrogens with one attached hydrogen (secondary N) is 1. The summed E-state index contributed by atoms with van der Waals surface area (Å²) in [4.78, 5) is 2.20. The Balaban J connectivity index is 2.11. The van der Waals surface area contributed by atoms with Gasteiger partial charge in [-0.3, -0.25) is 0 Å². The van der Waals surface area contributed by atoms with E-state index in [1.165, 1.54) is 17.7 Å². The van der Waals surface area contributed by atoms with Crippen molar-refractivity contribution in [2.75, 3.05) is 13.1 Å². The fourth-order valence-electron chi connectivity index (χ4n) is 1.73. The number of hydrogen-bond acceptors (Lipinski definition) is 3. The van der Waals surface area contributed by atoms with Crippen molar-refractivity contribution in [3.05, 3.63) is 21.9 Å². The number of hydrogen-bond donors (Lipinski definition) is 1. The molecule has 0 bridgehead atoms. The van der Waals surface area contributed by atoms with Crippen LogP contribution in [0.4, 0.5) is 0 Å². The van der Waals surface area contributed by atoms with Crippen LogP contribution in [0.3, 0.4) is 0 Å². The Morgan fingerprint density at radius 3 is 3.08 bits per heavy atom. The second kappa shape index (κ2) is 3.91. The predicted octanol–water partition coefficient (Wildman–Crippen LogP) is 2.09. The molecule has 0 amide bonds. The van der Waals surface area contributed by atoms with Crippen molar-refractivity contribution in [2.24, 2.45) is 0 Å². The minimum absolute atomic E-state index is 0.640. The highest BCUT2D eigenvalue weighted by Crippen LogP contribution is 2.28. The Kier molecular flexibility index (Phi) is 2.62. The minimum Gasteiger partial charge on any atom is -0.316 e. The summed E-state index contributed by atoms with van der Waals surface area (Å²) < 4.78 is 0. The van der Waals surface area contributed by atoms with Crippen LogP contribution in [-0.4, -0.2) is 13.1 Å². The molecule has 1 aromatic heterocycles. The second-order valence-electron chi connectivity index (χ2n) is 3.36. The van der Waals surface area contributed by atoms with E-state index in [-0.39, 0.29) is 0 Å². The van der Waals surface area contributed by atoms with Gasteiger partial charge in [-0.15, -0.1) is 11.3 Å². The molecule has 1 atom stereocenters. The van der Waals surface area contributed by atoms with Crippen LogP contribution >= 0.6 is 11.3 Å². The molecule has 2 rings (SSSR count). The molecule has 0 saturated carbocycles. The third-order valence-electron chi connectivity index (χ3n) is 2.44. The maximum absolute atomic E-state index is 8.69. The molecule has 0 radical (unpaired) electrons. The zero-order chi connectivity index (χ0) is 9.10. The summed E-state index contributed by atoms with van der Waals surface area (Å²) in [5.41, 5.74) is 0. The zero-order valence-corrected chi connectivity index (χ0v) is 8.23. The van der Waals surface area contributed by atoms with Crippen LogP contribution in [0.5, 0.6) is 0 Å². The molecular formula is C10H12N2S. The average molecular weight is 192 g/mol. The van der Waals surface area contributed by atoms with E-state index in [4.69, 9.17) is 5.26 Å². The maximum atomic E-state index is 8.69. The van der Waals surface area contributed by atoms with Gasteiger partial charge < -0.3 is 5.32 Å². The standard InChI is InChI=1S/C10H12N2S/c11-6-9-3-4-10(13-9)8-2-1-5-12-7-8/h3-4,8,12H,1-2,5,7H2. The van der Waals surface area contributed by atoms with Gasteiger partial charge in [-0.1, -0.05) is 0 Å². The first-order chi connectivity index (χ1) is 6.40. The van der Waals surface area contributed by atoms with Crippen molar-refractivity contribution < 1.29 is 0 Å². The number of nitriles is 1. The quantitative estimate of drug-likeness (QED) is 0.739. The van der Waals surface area contributed by atoms with Gasteiger partial charge in [0.2, 0.25) is 0 Å². The average Bonchev–Trinajstić information content (AvgIpc) is 2.67. The van der Waals surface area contributed by atoms with E-state index in [1.807, 2.05) is 6.07 Å². The lowest BCUT2D eigenvalue weighted by Crippen LogP contribution is -2.27. The lowest BCUT2D eigenvalue weighted by Gasteiger charge is -2.21. The molecule has 1 aromatic rings. The highest BCUT2D eigenvalue weighted by atomic mass is 32.1. The molecule has 0 aromatic carbocycles. The smallest absolute Gasteiger partial charge is 0.110 e. The Morgan fingerprint density at radius 2 is 2.46 bits per heavy atom. The number of nitrogens with zero attached hydrogens (tertiary/aromatic N) is 1. The molecular weight excluding hydrogens is 180 g/mol. The molecule has 13 heavy (non-hydrogen) atoms. The molecule has 0 aliphatic carbocycles. The molecule has 3 heteroatoms. The normalized spacial score (nSPS) is 22.5. The van der Waals surface area contributed by atoms with Crippen molar-refractivity contribution in [3.8, 4) is 6.07 Å². The van der Waals surface area contributed by atoms with Crippen LogP contribution in [0.25, 0.3) is 0 Å². The fourth-order valence-corrected chi connectivity index (χ4v) is 2.67. The van der Waals surface area contributed by atoms with Crippen molar-refractivity contribution in [2.45, 2.75) is 18.8 Å². The van der Waals surface area contributed by atoms with Gasteiger partial charge >= 0.3 is 0 Å². The Hall–Kier alpha value is -0.850. The number of rotatable bonds is 1. The van der Waals surface area contributed by atoms with Gasteiger partial charge in [-0.05, 0) is 31.5 Å². The summed E-state index contributed by atoms with van der Waals surface area (Å²) >= 11 is 1.64. The van der Waals surface area contributed by atoms with Crippen LogP contribution in [0.1, 0.15) is 28.5 Å². The van der Waals surface area contributed by atoms with Crippen LogP contribution in [-0.2, 0) is 0 Å². The van der Waals surface area contributed by atoms with Gasteiger partial charge in [0.15, 0.2) is 0 Å². The molecule has 1 aliphatic rings. The minimum atomic E-state index is 0.640. The van der Waals surface area contributed by atoms with Crippen LogP contribution in [0.15, 0.2) is 12.1 Å². The van der Waals surface area contributed by atoms with Gasteiger partial charge in [0, 0.05) is 17.3 Å². The van der Waals surface area contributed by atoms with E-state index >= 15 is 0 Å². The topological polar surface area (TPSA) is 35.8 Å². The third-order valence-corrected chi connectivity index (χ3v) is 3.59. The van der Waals surface area contributed by atoms with E-state index in [0.29, 0.717) is 5.92 Å². The summed E-state index contributed by atoms with van der Waals surface area (Å²) in [6.45, 7) is 2.22. The molecule has 1 N–H and O–H groups in total. The van der Waals surface area contributed by atoms with E-state index in [1.54, 1.807) is 11.3 Å². The monoisotopic (exact) mass is 192 g/mol.